The summed E-state index contributed by atoms with van der Waals surface area (Å²) in [5.41, 5.74) is 0.156. The first-order valence-corrected chi connectivity index (χ1v) is 5.02. The van der Waals surface area contributed by atoms with Crippen molar-refractivity contribution in [3.63, 3.8) is 0 Å². The molecule has 2 rings (SSSR count). The van der Waals surface area contributed by atoms with Gasteiger partial charge in [-0.3, -0.25) is 0 Å². The van der Waals surface area contributed by atoms with Gasteiger partial charge in [0.25, 0.3) is 0 Å². The molecule has 0 radical (unpaired) electrons. The van der Waals surface area contributed by atoms with Gasteiger partial charge >= 0.3 is 18.1 Å². The molecule has 104 valence electrons. The standard InChI is InChI=1S/C7H11NO3.C2HF3O2/c9-6(10)5-1-7(4-11-5)2-8-3-7;3-2(4,5)1(6)7/h5,8H,1-4H2,(H,9,10);(H,6,7). The number of halogens is 3. The molecular weight excluding hydrogens is 259 g/mol. The number of carbonyl (C=O) groups is 2. The summed E-state index contributed by atoms with van der Waals surface area (Å²) in [7, 11) is 0. The molecule has 0 bridgehead atoms. The molecule has 3 N–H and O–H groups in total. The second kappa shape index (κ2) is 5.11. The number of aliphatic carboxylic acids is 2. The lowest BCUT2D eigenvalue weighted by molar-refractivity contribution is -0.192. The van der Waals surface area contributed by atoms with Gasteiger partial charge in [-0.15, -0.1) is 0 Å². The third-order valence-corrected chi connectivity index (χ3v) is 2.73. The first kappa shape index (κ1) is 14.7. The van der Waals surface area contributed by atoms with Crippen molar-refractivity contribution in [3.05, 3.63) is 0 Å². The van der Waals surface area contributed by atoms with Gasteiger partial charge in [0.2, 0.25) is 0 Å². The predicted octanol–water partition coefficient (Wildman–Crippen LogP) is 0.0828. The quantitative estimate of drug-likeness (QED) is 0.625. The van der Waals surface area contributed by atoms with Crippen LogP contribution in [0.2, 0.25) is 0 Å². The predicted molar refractivity (Wildman–Crippen MR) is 51.0 cm³/mol. The van der Waals surface area contributed by atoms with Gasteiger partial charge in [0.15, 0.2) is 6.10 Å². The van der Waals surface area contributed by atoms with E-state index in [4.69, 9.17) is 19.7 Å². The number of ether oxygens (including phenoxy) is 1. The zero-order valence-electron chi connectivity index (χ0n) is 9.16. The number of carboxylic acid groups (broad SMARTS) is 2. The van der Waals surface area contributed by atoms with Crippen molar-refractivity contribution in [3.8, 4) is 0 Å². The molecule has 1 unspecified atom stereocenters. The van der Waals surface area contributed by atoms with Crippen LogP contribution >= 0.6 is 0 Å². The fourth-order valence-corrected chi connectivity index (χ4v) is 1.67. The van der Waals surface area contributed by atoms with Gasteiger partial charge < -0.3 is 20.3 Å². The van der Waals surface area contributed by atoms with Crippen LogP contribution in [-0.2, 0) is 14.3 Å². The fraction of sp³-hybridized carbons (Fsp3) is 0.778. The smallest absolute Gasteiger partial charge is 0.479 e. The summed E-state index contributed by atoms with van der Waals surface area (Å²) < 4.78 is 36.9. The maximum Gasteiger partial charge on any atom is 0.490 e. The van der Waals surface area contributed by atoms with E-state index in [1.807, 2.05) is 0 Å². The second-order valence-corrected chi connectivity index (χ2v) is 4.25. The largest absolute Gasteiger partial charge is 0.490 e. The van der Waals surface area contributed by atoms with E-state index in [1.165, 1.54) is 0 Å². The van der Waals surface area contributed by atoms with Gasteiger partial charge in [-0.2, -0.15) is 13.2 Å². The highest BCUT2D eigenvalue weighted by Crippen LogP contribution is 2.35. The maximum absolute atomic E-state index is 10.6. The number of nitrogens with one attached hydrogen (secondary N) is 1. The van der Waals surface area contributed by atoms with Gasteiger partial charge in [0, 0.05) is 18.5 Å². The lowest BCUT2D eigenvalue weighted by Gasteiger charge is -2.37. The number of hydrogen-bond donors (Lipinski definition) is 3. The molecule has 2 aliphatic heterocycles. The maximum atomic E-state index is 10.6. The first-order chi connectivity index (χ1) is 8.16. The van der Waals surface area contributed by atoms with E-state index in [-0.39, 0.29) is 5.41 Å². The minimum atomic E-state index is -5.08. The molecule has 2 aliphatic rings. The Hall–Kier alpha value is -1.35. The van der Waals surface area contributed by atoms with Gasteiger partial charge in [-0.25, -0.2) is 9.59 Å². The van der Waals surface area contributed by atoms with E-state index in [2.05, 4.69) is 5.32 Å². The summed E-state index contributed by atoms with van der Waals surface area (Å²) in [5, 5.41) is 18.9. The van der Waals surface area contributed by atoms with Crippen LogP contribution in [-0.4, -0.2) is 54.1 Å². The number of alkyl halides is 3. The van der Waals surface area contributed by atoms with E-state index in [0.717, 1.165) is 13.1 Å². The molecule has 0 aromatic heterocycles. The topological polar surface area (TPSA) is 95.9 Å². The zero-order chi connectivity index (χ0) is 14.0. The fourth-order valence-electron chi connectivity index (χ4n) is 1.67. The molecule has 6 nitrogen and oxygen atoms in total. The van der Waals surface area contributed by atoms with Crippen LogP contribution in [0.4, 0.5) is 13.2 Å². The average molecular weight is 271 g/mol. The first-order valence-electron chi connectivity index (χ1n) is 5.02. The van der Waals surface area contributed by atoms with Crippen LogP contribution in [0.3, 0.4) is 0 Å². The molecule has 18 heavy (non-hydrogen) atoms. The Kier molecular flexibility index (Phi) is 4.17. The van der Waals surface area contributed by atoms with Gasteiger partial charge in [0.05, 0.1) is 6.61 Å². The highest BCUT2D eigenvalue weighted by molar-refractivity contribution is 5.73. The van der Waals surface area contributed by atoms with Crippen LogP contribution < -0.4 is 5.32 Å². The summed E-state index contributed by atoms with van der Waals surface area (Å²) in [5.74, 6) is -3.58. The molecule has 2 heterocycles. The molecule has 2 fully saturated rings. The highest BCUT2D eigenvalue weighted by Gasteiger charge is 2.47. The number of rotatable bonds is 1. The lowest BCUT2D eigenvalue weighted by Crippen LogP contribution is -2.54. The number of hydrogen-bond acceptors (Lipinski definition) is 4. The van der Waals surface area contributed by atoms with Gasteiger partial charge in [-0.1, -0.05) is 0 Å². The molecule has 2 saturated heterocycles. The van der Waals surface area contributed by atoms with Crippen LogP contribution in [0.25, 0.3) is 0 Å². The SMILES string of the molecule is O=C(O)C(F)(F)F.O=C(O)C1CC2(CNC2)CO1. The Morgan fingerprint density at radius 3 is 1.94 bits per heavy atom. The van der Waals surface area contributed by atoms with Crippen LogP contribution in [0.1, 0.15) is 6.42 Å². The molecule has 1 atom stereocenters. The molecule has 0 saturated carbocycles. The molecule has 9 heteroatoms. The molecule has 0 amide bonds. The Balaban J connectivity index is 0.000000203. The molecule has 0 aliphatic carbocycles. The normalized spacial score (nSPS) is 24.9. The summed E-state index contributed by atoms with van der Waals surface area (Å²) in [4.78, 5) is 19.4. The lowest BCUT2D eigenvalue weighted by atomic mass is 9.80. The van der Waals surface area contributed by atoms with Gasteiger partial charge in [-0.05, 0) is 6.42 Å². The molecule has 0 aromatic rings. The van der Waals surface area contributed by atoms with Crippen LogP contribution in [0.5, 0.6) is 0 Å². The average Bonchev–Trinajstić information content (AvgIpc) is 2.60. The summed E-state index contributed by atoms with van der Waals surface area (Å²) in [6.07, 6.45) is -4.97. The van der Waals surface area contributed by atoms with E-state index >= 15 is 0 Å². The Labute approximate surface area is 99.7 Å². The highest BCUT2D eigenvalue weighted by atomic mass is 19.4. The zero-order valence-corrected chi connectivity index (χ0v) is 9.16. The van der Waals surface area contributed by atoms with Crippen LogP contribution in [0.15, 0.2) is 0 Å². The third kappa shape index (κ3) is 3.57. The summed E-state index contributed by atoms with van der Waals surface area (Å²) >= 11 is 0. The molecular formula is C9H12F3NO5. The summed E-state index contributed by atoms with van der Waals surface area (Å²) in [6, 6.07) is 0. The van der Waals surface area contributed by atoms with E-state index in [0.29, 0.717) is 13.0 Å². The van der Waals surface area contributed by atoms with E-state index in [1.54, 1.807) is 0 Å². The minimum Gasteiger partial charge on any atom is -0.479 e. The van der Waals surface area contributed by atoms with Crippen LogP contribution in [0, 0.1) is 5.41 Å². The van der Waals surface area contributed by atoms with Crippen molar-refractivity contribution in [1.82, 2.24) is 5.32 Å². The van der Waals surface area contributed by atoms with E-state index < -0.39 is 24.2 Å². The molecule has 1 spiro atoms. The van der Waals surface area contributed by atoms with Crippen molar-refractivity contribution in [1.29, 1.82) is 0 Å². The summed E-state index contributed by atoms with van der Waals surface area (Å²) in [6.45, 7) is 2.44. The minimum absolute atomic E-state index is 0.156. The number of carboxylic acids is 2. The monoisotopic (exact) mass is 271 g/mol. The Morgan fingerprint density at radius 2 is 1.78 bits per heavy atom. The molecule has 0 aromatic carbocycles. The Bertz CT molecular complexity index is 340. The van der Waals surface area contributed by atoms with Crippen molar-refractivity contribution >= 4 is 11.9 Å². The van der Waals surface area contributed by atoms with Gasteiger partial charge in [0.1, 0.15) is 0 Å². The van der Waals surface area contributed by atoms with Crippen molar-refractivity contribution in [2.24, 2.45) is 5.41 Å². The van der Waals surface area contributed by atoms with Crippen molar-refractivity contribution in [2.75, 3.05) is 19.7 Å². The second-order valence-electron chi connectivity index (χ2n) is 4.25. The van der Waals surface area contributed by atoms with Crippen molar-refractivity contribution < 1.29 is 37.7 Å². The van der Waals surface area contributed by atoms with E-state index in [9.17, 15) is 18.0 Å². The Morgan fingerprint density at radius 1 is 1.28 bits per heavy atom. The third-order valence-electron chi connectivity index (χ3n) is 2.73. The van der Waals surface area contributed by atoms with Crippen molar-refractivity contribution in [2.45, 2.75) is 18.7 Å².